The van der Waals surface area contributed by atoms with Gasteiger partial charge in [-0.2, -0.15) is 11.3 Å². The van der Waals surface area contributed by atoms with Gasteiger partial charge in [-0.25, -0.2) is 0 Å². The predicted octanol–water partition coefficient (Wildman–Crippen LogP) is 4.52. The molecule has 0 bridgehead atoms. The van der Waals surface area contributed by atoms with E-state index in [1.165, 1.54) is 27.5 Å². The van der Waals surface area contributed by atoms with E-state index >= 15 is 0 Å². The minimum Gasteiger partial charge on any atom is -0.309 e. The highest BCUT2D eigenvalue weighted by atomic mass is 32.1. The van der Waals surface area contributed by atoms with Gasteiger partial charge in [0.05, 0.1) is 6.04 Å². The molecule has 1 unspecified atom stereocenters. The van der Waals surface area contributed by atoms with Gasteiger partial charge in [0.2, 0.25) is 0 Å². The molecule has 1 nitrogen and oxygen atoms in total. The smallest absolute Gasteiger partial charge is 0.0585 e. The van der Waals surface area contributed by atoms with Gasteiger partial charge in [-0.15, -0.1) is 0 Å². The summed E-state index contributed by atoms with van der Waals surface area (Å²) in [6, 6.07) is 15.5. The first kappa shape index (κ1) is 12.4. The summed E-state index contributed by atoms with van der Waals surface area (Å²) >= 11 is 1.77. The number of aryl methyl sites for hydroxylation is 1. The lowest BCUT2D eigenvalue weighted by molar-refractivity contribution is 0.691. The minimum absolute atomic E-state index is 0.274. The Hall–Kier alpha value is -1.64. The molecule has 0 aliphatic rings. The quantitative estimate of drug-likeness (QED) is 0.735. The van der Waals surface area contributed by atoms with Crippen LogP contribution >= 0.6 is 11.3 Å². The summed E-state index contributed by atoms with van der Waals surface area (Å²) in [4.78, 5) is 0. The molecule has 0 radical (unpaired) electrons. The number of benzene rings is 2. The Labute approximate surface area is 117 Å². The van der Waals surface area contributed by atoms with Crippen LogP contribution in [0.4, 0.5) is 0 Å². The van der Waals surface area contributed by atoms with E-state index in [9.17, 15) is 0 Å². The Bertz CT molecular complexity index is 699. The van der Waals surface area contributed by atoms with Gasteiger partial charge in [-0.1, -0.05) is 36.4 Å². The van der Waals surface area contributed by atoms with Crippen LogP contribution in [0.15, 0.2) is 53.2 Å². The zero-order chi connectivity index (χ0) is 13.2. The SMILES string of the molecule is CNC(c1ccc2ccccc2c1)c1cscc1C. The van der Waals surface area contributed by atoms with E-state index in [1.807, 2.05) is 7.05 Å². The Balaban J connectivity index is 2.09. The van der Waals surface area contributed by atoms with Crippen LogP contribution in [0.5, 0.6) is 0 Å². The second-order valence-corrected chi connectivity index (χ2v) is 5.58. The van der Waals surface area contributed by atoms with Crippen molar-refractivity contribution in [1.29, 1.82) is 0 Å². The van der Waals surface area contributed by atoms with E-state index in [0.29, 0.717) is 0 Å². The van der Waals surface area contributed by atoms with Crippen LogP contribution in [0.2, 0.25) is 0 Å². The highest BCUT2D eigenvalue weighted by Gasteiger charge is 2.15. The third kappa shape index (κ3) is 2.29. The van der Waals surface area contributed by atoms with E-state index in [1.54, 1.807) is 11.3 Å². The fourth-order valence-electron chi connectivity index (χ4n) is 2.56. The van der Waals surface area contributed by atoms with E-state index in [4.69, 9.17) is 0 Å². The number of nitrogens with one attached hydrogen (secondary N) is 1. The second kappa shape index (κ2) is 5.16. The van der Waals surface area contributed by atoms with Crippen LogP contribution in [-0.4, -0.2) is 7.05 Å². The van der Waals surface area contributed by atoms with Crippen LogP contribution in [0, 0.1) is 6.92 Å². The Kier molecular flexibility index (Phi) is 3.36. The number of fused-ring (bicyclic) bond motifs is 1. The number of rotatable bonds is 3. The van der Waals surface area contributed by atoms with Crippen molar-refractivity contribution in [3.8, 4) is 0 Å². The summed E-state index contributed by atoms with van der Waals surface area (Å²) in [7, 11) is 2.02. The van der Waals surface area contributed by atoms with Crippen molar-refractivity contribution >= 4 is 22.1 Å². The molecule has 3 aromatic rings. The molecule has 0 saturated heterocycles. The molecule has 2 heteroatoms. The first-order valence-electron chi connectivity index (χ1n) is 6.48. The highest BCUT2D eigenvalue weighted by molar-refractivity contribution is 7.08. The maximum absolute atomic E-state index is 3.43. The van der Waals surface area contributed by atoms with Crippen molar-refractivity contribution in [2.24, 2.45) is 0 Å². The van der Waals surface area contributed by atoms with Crippen LogP contribution < -0.4 is 5.32 Å². The van der Waals surface area contributed by atoms with E-state index in [2.05, 4.69) is 65.5 Å². The number of hydrogen-bond donors (Lipinski definition) is 1. The molecule has 0 saturated carbocycles. The lowest BCUT2D eigenvalue weighted by Crippen LogP contribution is -2.17. The largest absolute Gasteiger partial charge is 0.309 e. The molecule has 1 aromatic heterocycles. The first-order valence-corrected chi connectivity index (χ1v) is 7.42. The zero-order valence-electron chi connectivity index (χ0n) is 11.2. The first-order chi connectivity index (χ1) is 9.29. The number of thiophene rings is 1. The van der Waals surface area contributed by atoms with Crippen LogP contribution in [-0.2, 0) is 0 Å². The summed E-state index contributed by atoms with van der Waals surface area (Å²) in [6.07, 6.45) is 0. The molecule has 96 valence electrons. The zero-order valence-corrected chi connectivity index (χ0v) is 12.0. The second-order valence-electron chi connectivity index (χ2n) is 4.84. The lowest BCUT2D eigenvalue weighted by atomic mass is 9.96. The van der Waals surface area contributed by atoms with Crippen LogP contribution in [0.1, 0.15) is 22.7 Å². The van der Waals surface area contributed by atoms with E-state index in [-0.39, 0.29) is 6.04 Å². The fraction of sp³-hybridized carbons (Fsp3) is 0.176. The molecule has 0 spiro atoms. The summed E-state index contributed by atoms with van der Waals surface area (Å²) in [5.74, 6) is 0. The minimum atomic E-state index is 0.274. The number of hydrogen-bond acceptors (Lipinski definition) is 2. The molecule has 0 amide bonds. The van der Waals surface area contributed by atoms with Crippen molar-refractivity contribution in [1.82, 2.24) is 5.32 Å². The fourth-order valence-corrected chi connectivity index (χ4v) is 3.43. The van der Waals surface area contributed by atoms with Crippen molar-refractivity contribution in [3.63, 3.8) is 0 Å². The standard InChI is InChI=1S/C17H17NS/c1-12-10-19-11-16(12)17(18-2)15-8-7-13-5-3-4-6-14(13)9-15/h3-11,17-18H,1-2H3. The average molecular weight is 267 g/mol. The molecular formula is C17H17NS. The molecule has 19 heavy (non-hydrogen) atoms. The van der Waals surface area contributed by atoms with E-state index < -0.39 is 0 Å². The molecule has 1 atom stereocenters. The molecule has 2 aromatic carbocycles. The van der Waals surface area contributed by atoms with Crippen molar-refractivity contribution in [3.05, 3.63) is 69.9 Å². The maximum atomic E-state index is 3.43. The normalized spacial score (nSPS) is 12.7. The summed E-state index contributed by atoms with van der Waals surface area (Å²) in [5.41, 5.74) is 4.06. The van der Waals surface area contributed by atoms with Gasteiger partial charge in [0.15, 0.2) is 0 Å². The predicted molar refractivity (Wildman–Crippen MR) is 83.9 cm³/mol. The van der Waals surface area contributed by atoms with Gasteiger partial charge in [0.25, 0.3) is 0 Å². The molecule has 3 rings (SSSR count). The van der Waals surface area contributed by atoms with Gasteiger partial charge >= 0.3 is 0 Å². The summed E-state index contributed by atoms with van der Waals surface area (Å²) < 4.78 is 0. The summed E-state index contributed by atoms with van der Waals surface area (Å²) in [6.45, 7) is 2.18. The van der Waals surface area contributed by atoms with Crippen molar-refractivity contribution < 1.29 is 0 Å². The molecule has 0 aliphatic heterocycles. The van der Waals surface area contributed by atoms with E-state index in [0.717, 1.165) is 0 Å². The highest BCUT2D eigenvalue weighted by Crippen LogP contribution is 2.29. The Morgan fingerprint density at radius 1 is 1.00 bits per heavy atom. The van der Waals surface area contributed by atoms with Crippen LogP contribution in [0.3, 0.4) is 0 Å². The van der Waals surface area contributed by atoms with Gasteiger partial charge in [-0.3, -0.25) is 0 Å². The van der Waals surface area contributed by atoms with Gasteiger partial charge < -0.3 is 5.32 Å². The molecular weight excluding hydrogens is 250 g/mol. The Morgan fingerprint density at radius 3 is 2.47 bits per heavy atom. The van der Waals surface area contributed by atoms with Crippen LogP contribution in [0.25, 0.3) is 10.8 Å². The maximum Gasteiger partial charge on any atom is 0.0585 e. The molecule has 1 N–H and O–H groups in total. The van der Waals surface area contributed by atoms with Crippen molar-refractivity contribution in [2.45, 2.75) is 13.0 Å². The van der Waals surface area contributed by atoms with Gasteiger partial charge in [0.1, 0.15) is 0 Å². The monoisotopic (exact) mass is 267 g/mol. The molecule has 0 aliphatic carbocycles. The van der Waals surface area contributed by atoms with Gasteiger partial charge in [0, 0.05) is 0 Å². The average Bonchev–Trinajstić information content (AvgIpc) is 2.86. The molecule has 0 fully saturated rings. The third-order valence-electron chi connectivity index (χ3n) is 3.60. The Morgan fingerprint density at radius 2 is 1.79 bits per heavy atom. The lowest BCUT2D eigenvalue weighted by Gasteiger charge is -2.17. The van der Waals surface area contributed by atoms with Crippen molar-refractivity contribution in [2.75, 3.05) is 7.05 Å². The third-order valence-corrected chi connectivity index (χ3v) is 4.48. The summed E-state index contributed by atoms with van der Waals surface area (Å²) in [5, 5.41) is 10.5. The van der Waals surface area contributed by atoms with Gasteiger partial charge in [-0.05, 0) is 58.3 Å². The molecule has 1 heterocycles. The topological polar surface area (TPSA) is 12.0 Å².